The molecule has 4 rings (SSSR count). The number of hydrogen-bond acceptors (Lipinski definition) is 9. The normalized spacial score (nSPS) is 11.9. The molecule has 0 radical (unpaired) electrons. The van der Waals surface area contributed by atoms with Gasteiger partial charge < -0.3 is 10.6 Å². The van der Waals surface area contributed by atoms with Gasteiger partial charge in [-0.1, -0.05) is 49.0 Å². The number of rotatable bonds is 11. The lowest BCUT2D eigenvalue weighted by Gasteiger charge is -2.13. The summed E-state index contributed by atoms with van der Waals surface area (Å²) in [5.41, 5.74) is 1.65. The predicted molar refractivity (Wildman–Crippen MR) is 161 cm³/mol. The minimum absolute atomic E-state index is 0.0605. The molecule has 0 fully saturated rings. The van der Waals surface area contributed by atoms with Crippen molar-refractivity contribution in [1.82, 2.24) is 19.7 Å². The van der Waals surface area contributed by atoms with E-state index < -0.39 is 17.1 Å². The number of pyridine rings is 1. The maximum Gasteiger partial charge on any atom is 0.272 e. The molecular formula is C28H26N6O3S3. The molecule has 3 N–H and O–H groups in total. The van der Waals surface area contributed by atoms with Crippen molar-refractivity contribution >= 4 is 69.7 Å². The van der Waals surface area contributed by atoms with Crippen LogP contribution in [0.2, 0.25) is 0 Å². The lowest BCUT2D eigenvalue weighted by molar-refractivity contribution is -0.115. The highest BCUT2D eigenvalue weighted by atomic mass is 32.2. The zero-order chi connectivity index (χ0) is 28.3. The van der Waals surface area contributed by atoms with E-state index in [9.17, 15) is 14.4 Å². The number of amides is 3. The van der Waals surface area contributed by atoms with E-state index in [0.717, 1.165) is 22.2 Å². The molecule has 2 aromatic carbocycles. The number of carbonyl (C=O) groups excluding carboxylic acids is 3. The van der Waals surface area contributed by atoms with E-state index in [1.54, 1.807) is 80.0 Å². The first-order valence-corrected chi connectivity index (χ1v) is 14.9. The van der Waals surface area contributed by atoms with Gasteiger partial charge in [-0.25, -0.2) is 0 Å². The van der Waals surface area contributed by atoms with Crippen molar-refractivity contribution in [3.05, 3.63) is 95.9 Å². The predicted octanol–water partition coefficient (Wildman–Crippen LogP) is 5.57. The average molecular weight is 591 g/mol. The number of hydrogen-bond donors (Lipinski definition) is 3. The van der Waals surface area contributed by atoms with Crippen LogP contribution in [-0.4, -0.2) is 43.1 Å². The van der Waals surface area contributed by atoms with Gasteiger partial charge >= 0.3 is 0 Å². The van der Waals surface area contributed by atoms with E-state index in [4.69, 9.17) is 0 Å². The SMILES string of the molecule is CCSc1nsc(NC(=O)C(C)Sc2cccc(NC(=O)/C(=C/c3cccnc3)NC(=O)c3ccccc3)c2)n1. The molecule has 2 heterocycles. The minimum Gasteiger partial charge on any atom is -0.321 e. The Labute approximate surface area is 244 Å². The summed E-state index contributed by atoms with van der Waals surface area (Å²) in [5.74, 6) is -0.262. The molecule has 0 bridgehead atoms. The van der Waals surface area contributed by atoms with E-state index in [1.165, 1.54) is 23.5 Å². The van der Waals surface area contributed by atoms with Gasteiger partial charge in [0.1, 0.15) is 5.70 Å². The third kappa shape index (κ3) is 8.50. The molecule has 0 aliphatic heterocycles. The van der Waals surface area contributed by atoms with Gasteiger partial charge in [-0.3, -0.25) is 24.7 Å². The Morgan fingerprint density at radius 3 is 2.60 bits per heavy atom. The Kier molecular flexibility index (Phi) is 10.4. The maximum absolute atomic E-state index is 13.3. The van der Waals surface area contributed by atoms with Crippen LogP contribution in [0.25, 0.3) is 6.08 Å². The molecular weight excluding hydrogens is 565 g/mol. The second-order valence-corrected chi connectivity index (χ2v) is 11.6. The number of benzene rings is 2. The van der Waals surface area contributed by atoms with Crippen LogP contribution in [0, 0.1) is 0 Å². The second-order valence-electron chi connectivity index (χ2n) is 8.21. The summed E-state index contributed by atoms with van der Waals surface area (Å²) >= 11 is 4.00. The van der Waals surface area contributed by atoms with Gasteiger partial charge in [0, 0.05) is 40.1 Å². The molecule has 0 aliphatic rings. The standard InChI is InChI=1S/C28H26N6O3S3/c1-3-38-28-33-27(40-34-28)32-24(35)18(2)39-22-13-7-12-21(16-22)30-26(37)23(15-19-9-8-14-29-17-19)31-25(36)20-10-5-4-6-11-20/h4-18H,3H2,1-2H3,(H,30,37)(H,31,36)(H,32,33,34,35)/b23-15-. The summed E-state index contributed by atoms with van der Waals surface area (Å²) in [4.78, 5) is 48.0. The quantitative estimate of drug-likeness (QED) is 0.153. The highest BCUT2D eigenvalue weighted by Gasteiger charge is 2.18. The van der Waals surface area contributed by atoms with E-state index in [1.807, 2.05) is 19.1 Å². The molecule has 2 aromatic heterocycles. The van der Waals surface area contributed by atoms with Crippen molar-refractivity contribution < 1.29 is 14.4 Å². The molecule has 0 aliphatic carbocycles. The molecule has 40 heavy (non-hydrogen) atoms. The van der Waals surface area contributed by atoms with Crippen molar-refractivity contribution in [2.45, 2.75) is 29.1 Å². The fraction of sp³-hybridized carbons (Fsp3) is 0.143. The molecule has 12 heteroatoms. The van der Waals surface area contributed by atoms with Crippen LogP contribution in [0.15, 0.2) is 94.9 Å². The second kappa shape index (κ2) is 14.4. The Morgan fingerprint density at radius 2 is 1.85 bits per heavy atom. The van der Waals surface area contributed by atoms with Crippen LogP contribution in [-0.2, 0) is 9.59 Å². The molecule has 0 saturated heterocycles. The van der Waals surface area contributed by atoms with Gasteiger partial charge in [0.15, 0.2) is 0 Å². The van der Waals surface area contributed by atoms with E-state index in [2.05, 4.69) is 30.3 Å². The fourth-order valence-electron chi connectivity index (χ4n) is 3.33. The molecule has 3 amide bonds. The van der Waals surface area contributed by atoms with Gasteiger partial charge in [-0.2, -0.15) is 9.36 Å². The van der Waals surface area contributed by atoms with Gasteiger partial charge in [0.05, 0.1) is 5.25 Å². The summed E-state index contributed by atoms with van der Waals surface area (Å²) in [6.45, 7) is 3.81. The number of nitrogens with one attached hydrogen (secondary N) is 3. The zero-order valence-electron chi connectivity index (χ0n) is 21.7. The van der Waals surface area contributed by atoms with Crippen LogP contribution >= 0.6 is 35.1 Å². The maximum atomic E-state index is 13.3. The summed E-state index contributed by atoms with van der Waals surface area (Å²) in [7, 11) is 0. The number of carbonyl (C=O) groups is 3. The number of nitrogens with zero attached hydrogens (tertiary/aromatic N) is 3. The first-order chi connectivity index (χ1) is 19.4. The Bertz CT molecular complexity index is 1500. The number of aromatic nitrogens is 3. The van der Waals surface area contributed by atoms with E-state index in [-0.39, 0.29) is 11.6 Å². The van der Waals surface area contributed by atoms with Crippen LogP contribution < -0.4 is 16.0 Å². The lowest BCUT2D eigenvalue weighted by atomic mass is 10.2. The molecule has 9 nitrogen and oxygen atoms in total. The van der Waals surface area contributed by atoms with E-state index in [0.29, 0.717) is 27.1 Å². The Balaban J connectivity index is 1.44. The summed E-state index contributed by atoms with van der Waals surface area (Å²) in [6, 6.07) is 19.3. The molecule has 0 saturated carbocycles. The van der Waals surface area contributed by atoms with Crippen molar-refractivity contribution in [1.29, 1.82) is 0 Å². The Hall–Kier alpha value is -4.00. The first-order valence-electron chi connectivity index (χ1n) is 12.2. The fourth-order valence-corrected chi connectivity index (χ4v) is 5.53. The summed E-state index contributed by atoms with van der Waals surface area (Å²) in [5, 5.41) is 9.03. The highest BCUT2D eigenvalue weighted by Crippen LogP contribution is 2.27. The molecule has 204 valence electrons. The van der Waals surface area contributed by atoms with E-state index >= 15 is 0 Å². The van der Waals surface area contributed by atoms with Gasteiger partial charge in [0.25, 0.3) is 11.8 Å². The summed E-state index contributed by atoms with van der Waals surface area (Å²) < 4.78 is 4.21. The molecule has 0 spiro atoms. The molecule has 1 unspecified atom stereocenters. The first kappa shape index (κ1) is 29.0. The number of anilines is 2. The third-order valence-corrected chi connectivity index (χ3v) is 7.78. The molecule has 4 aromatic rings. The smallest absolute Gasteiger partial charge is 0.272 e. The third-order valence-electron chi connectivity index (χ3n) is 5.21. The van der Waals surface area contributed by atoms with Crippen LogP contribution in [0.4, 0.5) is 10.8 Å². The van der Waals surface area contributed by atoms with Crippen LogP contribution in [0.3, 0.4) is 0 Å². The van der Waals surface area contributed by atoms with Gasteiger partial charge in [-0.05, 0) is 60.7 Å². The zero-order valence-corrected chi connectivity index (χ0v) is 24.1. The number of thioether (sulfide) groups is 2. The lowest BCUT2D eigenvalue weighted by Crippen LogP contribution is -2.30. The largest absolute Gasteiger partial charge is 0.321 e. The van der Waals surface area contributed by atoms with Gasteiger partial charge in [0.2, 0.25) is 16.2 Å². The average Bonchev–Trinajstić information content (AvgIpc) is 3.40. The van der Waals surface area contributed by atoms with Crippen molar-refractivity contribution in [2.24, 2.45) is 0 Å². The summed E-state index contributed by atoms with van der Waals surface area (Å²) in [6.07, 6.45) is 4.78. The van der Waals surface area contributed by atoms with Gasteiger partial charge in [-0.15, -0.1) is 11.8 Å². The monoisotopic (exact) mass is 590 g/mol. The minimum atomic E-state index is -0.502. The Morgan fingerprint density at radius 1 is 1.02 bits per heavy atom. The van der Waals surface area contributed by atoms with Crippen molar-refractivity contribution in [3.8, 4) is 0 Å². The topological polar surface area (TPSA) is 126 Å². The molecule has 1 atom stereocenters. The van der Waals surface area contributed by atoms with Crippen LogP contribution in [0.1, 0.15) is 29.8 Å². The highest BCUT2D eigenvalue weighted by molar-refractivity contribution is 8.00. The van der Waals surface area contributed by atoms with Crippen molar-refractivity contribution in [3.63, 3.8) is 0 Å². The van der Waals surface area contributed by atoms with Crippen molar-refractivity contribution in [2.75, 3.05) is 16.4 Å². The van der Waals surface area contributed by atoms with Crippen LogP contribution in [0.5, 0.6) is 0 Å².